The molecule has 1 aliphatic heterocycles. The van der Waals surface area contributed by atoms with Gasteiger partial charge in [-0.05, 0) is 39.0 Å². The second-order valence-corrected chi connectivity index (χ2v) is 5.26. The van der Waals surface area contributed by atoms with Gasteiger partial charge in [0.1, 0.15) is 0 Å². The molecule has 4 nitrogen and oxygen atoms in total. The molecule has 0 aromatic heterocycles. The standard InChI is InChI=1S/C12H25N3O/c1-9-5-4-6-15(8-9)12(16)14-11(3)7-10(2)13/h9-11H,4-8,13H2,1-3H3,(H,14,16). The number of hydrogen-bond acceptors (Lipinski definition) is 2. The van der Waals surface area contributed by atoms with Crippen LogP contribution in [0.1, 0.15) is 40.0 Å². The molecule has 4 heteroatoms. The Bertz CT molecular complexity index is 230. The Balaban J connectivity index is 2.33. The molecule has 0 aromatic carbocycles. The maximum atomic E-state index is 11.9. The third kappa shape index (κ3) is 4.39. The molecule has 0 aromatic rings. The van der Waals surface area contributed by atoms with Crippen LogP contribution < -0.4 is 11.1 Å². The van der Waals surface area contributed by atoms with E-state index in [0.717, 1.165) is 25.9 Å². The molecule has 3 atom stereocenters. The first-order valence-corrected chi connectivity index (χ1v) is 6.30. The van der Waals surface area contributed by atoms with Crippen molar-refractivity contribution in [3.05, 3.63) is 0 Å². The molecule has 3 N–H and O–H groups in total. The van der Waals surface area contributed by atoms with Crippen molar-refractivity contribution in [3.8, 4) is 0 Å². The number of urea groups is 1. The van der Waals surface area contributed by atoms with Gasteiger partial charge in [-0.1, -0.05) is 6.92 Å². The summed E-state index contributed by atoms with van der Waals surface area (Å²) in [5.74, 6) is 0.628. The van der Waals surface area contributed by atoms with Gasteiger partial charge in [-0.15, -0.1) is 0 Å². The number of carbonyl (C=O) groups excluding carboxylic acids is 1. The molecule has 16 heavy (non-hydrogen) atoms. The van der Waals surface area contributed by atoms with Gasteiger partial charge < -0.3 is 16.0 Å². The largest absolute Gasteiger partial charge is 0.335 e. The van der Waals surface area contributed by atoms with Crippen molar-refractivity contribution >= 4 is 6.03 Å². The number of piperidine rings is 1. The Morgan fingerprint density at radius 3 is 2.81 bits per heavy atom. The summed E-state index contributed by atoms with van der Waals surface area (Å²) in [5.41, 5.74) is 5.70. The molecule has 1 rings (SSSR count). The smallest absolute Gasteiger partial charge is 0.317 e. The van der Waals surface area contributed by atoms with Crippen molar-refractivity contribution in [1.82, 2.24) is 10.2 Å². The summed E-state index contributed by atoms with van der Waals surface area (Å²) in [4.78, 5) is 13.8. The summed E-state index contributed by atoms with van der Waals surface area (Å²) in [6.45, 7) is 7.95. The Hall–Kier alpha value is -0.770. The Morgan fingerprint density at radius 2 is 2.25 bits per heavy atom. The van der Waals surface area contributed by atoms with E-state index < -0.39 is 0 Å². The number of nitrogens with two attached hydrogens (primary N) is 1. The predicted octanol–water partition coefficient (Wildman–Crippen LogP) is 1.55. The number of hydrogen-bond donors (Lipinski definition) is 2. The van der Waals surface area contributed by atoms with E-state index in [1.807, 2.05) is 18.7 Å². The van der Waals surface area contributed by atoms with Gasteiger partial charge in [-0.2, -0.15) is 0 Å². The monoisotopic (exact) mass is 227 g/mol. The van der Waals surface area contributed by atoms with Crippen LogP contribution in [-0.2, 0) is 0 Å². The molecule has 94 valence electrons. The molecule has 0 radical (unpaired) electrons. The van der Waals surface area contributed by atoms with E-state index in [4.69, 9.17) is 5.73 Å². The predicted molar refractivity (Wildman–Crippen MR) is 66.2 cm³/mol. The van der Waals surface area contributed by atoms with Gasteiger partial charge in [0.15, 0.2) is 0 Å². The van der Waals surface area contributed by atoms with Crippen LogP contribution in [-0.4, -0.2) is 36.1 Å². The topological polar surface area (TPSA) is 58.4 Å². The fraction of sp³-hybridized carbons (Fsp3) is 0.917. The second kappa shape index (κ2) is 6.09. The minimum Gasteiger partial charge on any atom is -0.335 e. The van der Waals surface area contributed by atoms with Crippen molar-refractivity contribution in [2.24, 2.45) is 11.7 Å². The number of rotatable bonds is 3. The zero-order valence-corrected chi connectivity index (χ0v) is 10.7. The zero-order valence-electron chi connectivity index (χ0n) is 10.7. The minimum absolute atomic E-state index is 0.0692. The van der Waals surface area contributed by atoms with Gasteiger partial charge in [0, 0.05) is 25.2 Å². The van der Waals surface area contributed by atoms with Crippen LogP contribution >= 0.6 is 0 Å². The van der Waals surface area contributed by atoms with Crippen LogP contribution in [0.3, 0.4) is 0 Å². The van der Waals surface area contributed by atoms with E-state index in [-0.39, 0.29) is 18.1 Å². The lowest BCUT2D eigenvalue weighted by Crippen LogP contribution is -2.48. The minimum atomic E-state index is 0.0692. The number of likely N-dealkylation sites (tertiary alicyclic amines) is 1. The zero-order chi connectivity index (χ0) is 12.1. The van der Waals surface area contributed by atoms with Gasteiger partial charge in [0.2, 0.25) is 0 Å². The highest BCUT2D eigenvalue weighted by molar-refractivity contribution is 5.74. The van der Waals surface area contributed by atoms with Crippen LogP contribution in [0.4, 0.5) is 4.79 Å². The fourth-order valence-corrected chi connectivity index (χ4v) is 2.29. The van der Waals surface area contributed by atoms with Gasteiger partial charge in [0.05, 0.1) is 0 Å². The molecule has 2 amide bonds. The molecule has 0 bridgehead atoms. The van der Waals surface area contributed by atoms with E-state index in [9.17, 15) is 4.79 Å². The summed E-state index contributed by atoms with van der Waals surface area (Å²) in [6, 6.07) is 0.361. The second-order valence-electron chi connectivity index (χ2n) is 5.26. The lowest BCUT2D eigenvalue weighted by molar-refractivity contribution is 0.166. The van der Waals surface area contributed by atoms with Gasteiger partial charge in [0.25, 0.3) is 0 Å². The molecular weight excluding hydrogens is 202 g/mol. The summed E-state index contributed by atoms with van der Waals surface area (Å²) in [6.07, 6.45) is 3.19. The van der Waals surface area contributed by atoms with E-state index in [2.05, 4.69) is 12.2 Å². The van der Waals surface area contributed by atoms with Crippen LogP contribution in [0.5, 0.6) is 0 Å². The van der Waals surface area contributed by atoms with Crippen LogP contribution in [0.2, 0.25) is 0 Å². The van der Waals surface area contributed by atoms with E-state index in [1.54, 1.807) is 0 Å². The first-order chi connectivity index (χ1) is 7.49. The lowest BCUT2D eigenvalue weighted by Gasteiger charge is -2.32. The van der Waals surface area contributed by atoms with Crippen molar-refractivity contribution in [2.45, 2.75) is 52.1 Å². The average molecular weight is 227 g/mol. The maximum absolute atomic E-state index is 11.9. The van der Waals surface area contributed by atoms with Crippen LogP contribution in [0, 0.1) is 5.92 Å². The SMILES string of the molecule is CC(N)CC(C)NC(=O)N1CCCC(C)C1. The molecule has 0 aliphatic carbocycles. The normalized spacial score (nSPS) is 25.0. The van der Waals surface area contributed by atoms with Crippen LogP contribution in [0.25, 0.3) is 0 Å². The first-order valence-electron chi connectivity index (χ1n) is 6.30. The number of nitrogens with one attached hydrogen (secondary N) is 1. The molecule has 1 aliphatic rings. The molecule has 1 heterocycles. The van der Waals surface area contributed by atoms with Gasteiger partial charge in [-0.25, -0.2) is 4.79 Å². The summed E-state index contributed by atoms with van der Waals surface area (Å²) in [7, 11) is 0. The number of carbonyl (C=O) groups is 1. The summed E-state index contributed by atoms with van der Waals surface area (Å²) in [5, 5.41) is 3.01. The van der Waals surface area contributed by atoms with Crippen LogP contribution in [0.15, 0.2) is 0 Å². The lowest BCUT2D eigenvalue weighted by atomic mass is 10.0. The van der Waals surface area contributed by atoms with Crippen molar-refractivity contribution in [2.75, 3.05) is 13.1 Å². The fourth-order valence-electron chi connectivity index (χ4n) is 2.29. The highest BCUT2D eigenvalue weighted by Gasteiger charge is 2.21. The first kappa shape index (κ1) is 13.3. The average Bonchev–Trinajstić information content (AvgIpc) is 2.16. The van der Waals surface area contributed by atoms with Gasteiger partial charge >= 0.3 is 6.03 Å². The number of nitrogens with zero attached hydrogens (tertiary/aromatic N) is 1. The molecule has 1 saturated heterocycles. The third-order valence-corrected chi connectivity index (χ3v) is 3.04. The highest BCUT2D eigenvalue weighted by atomic mass is 16.2. The Labute approximate surface area is 98.6 Å². The maximum Gasteiger partial charge on any atom is 0.317 e. The van der Waals surface area contributed by atoms with Crippen molar-refractivity contribution < 1.29 is 4.79 Å². The molecule has 0 saturated carbocycles. The quantitative estimate of drug-likeness (QED) is 0.768. The Kier molecular flexibility index (Phi) is 5.06. The molecule has 0 spiro atoms. The van der Waals surface area contributed by atoms with Crippen molar-refractivity contribution in [3.63, 3.8) is 0 Å². The molecule has 1 fully saturated rings. The van der Waals surface area contributed by atoms with Crippen molar-refractivity contribution in [1.29, 1.82) is 0 Å². The van der Waals surface area contributed by atoms with E-state index in [0.29, 0.717) is 5.92 Å². The third-order valence-electron chi connectivity index (χ3n) is 3.04. The summed E-state index contributed by atoms with van der Waals surface area (Å²) >= 11 is 0. The number of amides is 2. The summed E-state index contributed by atoms with van der Waals surface area (Å²) < 4.78 is 0. The molecular formula is C12H25N3O. The highest BCUT2D eigenvalue weighted by Crippen LogP contribution is 2.15. The molecule has 3 unspecified atom stereocenters. The Morgan fingerprint density at radius 1 is 1.56 bits per heavy atom. The van der Waals surface area contributed by atoms with E-state index >= 15 is 0 Å². The van der Waals surface area contributed by atoms with E-state index in [1.165, 1.54) is 6.42 Å². The van der Waals surface area contributed by atoms with Gasteiger partial charge in [-0.3, -0.25) is 0 Å².